The third-order valence-electron chi connectivity index (χ3n) is 2.75. The van der Waals surface area contributed by atoms with E-state index >= 15 is 0 Å². The van der Waals surface area contributed by atoms with E-state index in [-0.39, 0.29) is 5.91 Å². The number of nitrogen functional groups attached to an aromatic ring is 1. The summed E-state index contributed by atoms with van der Waals surface area (Å²) in [5.41, 5.74) is 6.98. The largest absolute Gasteiger partial charge is 0.396 e. The van der Waals surface area contributed by atoms with E-state index in [4.69, 9.17) is 10.5 Å². The summed E-state index contributed by atoms with van der Waals surface area (Å²) in [7, 11) is 3.39. The molecule has 0 atom stereocenters. The number of methoxy groups -OCH3 is 1. The molecule has 2 aromatic heterocycles. The molecule has 0 bridgehead atoms. The van der Waals surface area contributed by atoms with Gasteiger partial charge in [0.05, 0.1) is 5.69 Å². The van der Waals surface area contributed by atoms with Gasteiger partial charge in [0.2, 0.25) is 0 Å². The first-order valence-electron chi connectivity index (χ1n) is 5.88. The Kier molecular flexibility index (Phi) is 4.28. The second kappa shape index (κ2) is 5.94. The molecular weight excluding hydrogens is 264 g/mol. The number of carbonyl (C=O) groups is 1. The molecule has 102 valence electrons. The fourth-order valence-electron chi connectivity index (χ4n) is 1.72. The minimum absolute atomic E-state index is 0.0987. The van der Waals surface area contributed by atoms with E-state index in [0.29, 0.717) is 34.1 Å². The molecule has 0 aliphatic heterocycles. The minimum Gasteiger partial charge on any atom is -0.396 e. The van der Waals surface area contributed by atoms with Crippen molar-refractivity contribution in [1.82, 2.24) is 14.9 Å². The quantitative estimate of drug-likeness (QED) is 0.837. The van der Waals surface area contributed by atoms with Crippen molar-refractivity contribution in [2.24, 2.45) is 0 Å². The van der Waals surface area contributed by atoms with E-state index in [1.165, 1.54) is 11.3 Å². The molecule has 0 aromatic carbocycles. The van der Waals surface area contributed by atoms with E-state index in [1.54, 1.807) is 31.5 Å². The molecule has 7 heteroatoms. The Morgan fingerprint density at radius 3 is 2.89 bits per heavy atom. The van der Waals surface area contributed by atoms with Gasteiger partial charge in [-0.3, -0.25) is 4.79 Å². The first-order chi connectivity index (χ1) is 9.15. The van der Waals surface area contributed by atoms with Crippen LogP contribution >= 0.6 is 11.3 Å². The molecule has 0 aliphatic carbocycles. The number of ether oxygens (including phenoxy) is 1. The number of hydrogen-bond acceptors (Lipinski definition) is 6. The second-order valence-corrected chi connectivity index (χ2v) is 5.13. The molecule has 0 spiro atoms. The zero-order chi connectivity index (χ0) is 13.8. The molecule has 0 saturated carbocycles. The van der Waals surface area contributed by atoms with Gasteiger partial charge in [-0.15, -0.1) is 11.3 Å². The van der Waals surface area contributed by atoms with Crippen molar-refractivity contribution in [3.8, 4) is 0 Å². The second-order valence-electron chi connectivity index (χ2n) is 4.13. The Balaban J connectivity index is 2.19. The van der Waals surface area contributed by atoms with Crippen LogP contribution in [-0.4, -0.2) is 48.1 Å². The van der Waals surface area contributed by atoms with Crippen molar-refractivity contribution in [3.63, 3.8) is 0 Å². The lowest BCUT2D eigenvalue weighted by molar-refractivity contribution is 0.0785. The van der Waals surface area contributed by atoms with Crippen LogP contribution in [0.4, 0.5) is 5.69 Å². The van der Waals surface area contributed by atoms with Crippen LogP contribution in [0.1, 0.15) is 16.1 Å². The lowest BCUT2D eigenvalue weighted by atomic mass is 10.3. The number of hydrogen-bond donors (Lipinski definition) is 1. The molecule has 0 radical (unpaired) electrons. The van der Waals surface area contributed by atoms with Crippen molar-refractivity contribution in [2.75, 3.05) is 33.0 Å². The molecule has 0 aliphatic rings. The normalized spacial score (nSPS) is 10.8. The zero-order valence-corrected chi connectivity index (χ0v) is 11.7. The maximum absolute atomic E-state index is 12.3. The predicted octanol–water partition coefficient (Wildman–Crippen LogP) is 1.38. The summed E-state index contributed by atoms with van der Waals surface area (Å²) in [4.78, 5) is 23.4. The van der Waals surface area contributed by atoms with Crippen LogP contribution in [0.3, 0.4) is 0 Å². The van der Waals surface area contributed by atoms with Crippen LogP contribution < -0.4 is 5.73 Å². The summed E-state index contributed by atoms with van der Waals surface area (Å²) < 4.78 is 4.97. The van der Waals surface area contributed by atoms with Gasteiger partial charge >= 0.3 is 0 Å². The van der Waals surface area contributed by atoms with E-state index in [0.717, 1.165) is 6.42 Å². The van der Waals surface area contributed by atoms with Gasteiger partial charge in [0.25, 0.3) is 5.91 Å². The van der Waals surface area contributed by atoms with E-state index < -0.39 is 0 Å². The summed E-state index contributed by atoms with van der Waals surface area (Å²) >= 11 is 1.28. The van der Waals surface area contributed by atoms with Crippen LogP contribution in [0.25, 0.3) is 10.3 Å². The third kappa shape index (κ3) is 2.82. The number of amides is 1. The van der Waals surface area contributed by atoms with Gasteiger partial charge in [0.15, 0.2) is 0 Å². The topological polar surface area (TPSA) is 81.3 Å². The Hall–Kier alpha value is -1.73. The molecule has 2 N–H and O–H groups in total. The Morgan fingerprint density at radius 2 is 2.21 bits per heavy atom. The number of rotatable bonds is 5. The smallest absolute Gasteiger partial charge is 0.265 e. The fraction of sp³-hybridized carbons (Fsp3) is 0.417. The van der Waals surface area contributed by atoms with Gasteiger partial charge in [-0.25, -0.2) is 9.97 Å². The number of carbonyl (C=O) groups excluding carboxylic acids is 1. The third-order valence-corrected chi connectivity index (χ3v) is 3.84. The standard InChI is InChI=1S/C12H16N4O2S/c1-16(6-3-7-18-2)12(17)10-8(13)9-11(19-10)15-5-4-14-9/h4-5H,3,6-7,13H2,1-2H3. The van der Waals surface area contributed by atoms with Crippen LogP contribution in [0.2, 0.25) is 0 Å². The van der Waals surface area contributed by atoms with Crippen LogP contribution in [0.15, 0.2) is 12.4 Å². The van der Waals surface area contributed by atoms with Crippen molar-refractivity contribution in [3.05, 3.63) is 17.3 Å². The van der Waals surface area contributed by atoms with E-state index in [9.17, 15) is 4.79 Å². The summed E-state index contributed by atoms with van der Waals surface area (Å²) in [6.07, 6.45) is 3.96. The fourth-order valence-corrected chi connectivity index (χ4v) is 2.74. The molecule has 1 amide bonds. The monoisotopic (exact) mass is 280 g/mol. The van der Waals surface area contributed by atoms with Gasteiger partial charge in [-0.2, -0.15) is 0 Å². The molecule has 0 fully saturated rings. The maximum Gasteiger partial charge on any atom is 0.265 e. The number of nitrogens with zero attached hydrogens (tertiary/aromatic N) is 3. The van der Waals surface area contributed by atoms with Gasteiger partial charge in [0.1, 0.15) is 15.2 Å². The highest BCUT2D eigenvalue weighted by Gasteiger charge is 2.20. The van der Waals surface area contributed by atoms with Crippen molar-refractivity contribution in [1.29, 1.82) is 0 Å². The number of fused-ring (bicyclic) bond motifs is 1. The average Bonchev–Trinajstić information content (AvgIpc) is 2.76. The highest BCUT2D eigenvalue weighted by atomic mass is 32.1. The van der Waals surface area contributed by atoms with Crippen molar-refractivity contribution < 1.29 is 9.53 Å². The zero-order valence-electron chi connectivity index (χ0n) is 10.9. The summed E-state index contributed by atoms with van der Waals surface area (Å²) in [6, 6.07) is 0. The highest BCUT2D eigenvalue weighted by Crippen LogP contribution is 2.31. The van der Waals surface area contributed by atoms with Gasteiger partial charge in [-0.1, -0.05) is 0 Å². The van der Waals surface area contributed by atoms with Crippen LogP contribution in [0, 0.1) is 0 Å². The maximum atomic E-state index is 12.3. The number of anilines is 1. The summed E-state index contributed by atoms with van der Waals surface area (Å²) in [5.74, 6) is -0.0987. The molecule has 0 saturated heterocycles. The van der Waals surface area contributed by atoms with Crippen molar-refractivity contribution in [2.45, 2.75) is 6.42 Å². The molecular formula is C12H16N4O2S. The van der Waals surface area contributed by atoms with Crippen LogP contribution in [0.5, 0.6) is 0 Å². The molecule has 2 heterocycles. The molecule has 2 aromatic rings. The Labute approximate surface area is 115 Å². The number of thiophene rings is 1. The molecule has 19 heavy (non-hydrogen) atoms. The summed E-state index contributed by atoms with van der Waals surface area (Å²) in [5, 5.41) is 0. The highest BCUT2D eigenvalue weighted by molar-refractivity contribution is 7.21. The van der Waals surface area contributed by atoms with Crippen LogP contribution in [-0.2, 0) is 4.74 Å². The first-order valence-corrected chi connectivity index (χ1v) is 6.70. The lowest BCUT2D eigenvalue weighted by Gasteiger charge is -2.16. The minimum atomic E-state index is -0.0987. The lowest BCUT2D eigenvalue weighted by Crippen LogP contribution is -2.28. The van der Waals surface area contributed by atoms with E-state index in [1.807, 2.05) is 0 Å². The van der Waals surface area contributed by atoms with Crippen molar-refractivity contribution >= 4 is 33.3 Å². The van der Waals surface area contributed by atoms with Gasteiger partial charge < -0.3 is 15.4 Å². The molecule has 6 nitrogen and oxygen atoms in total. The van der Waals surface area contributed by atoms with Gasteiger partial charge in [-0.05, 0) is 6.42 Å². The average molecular weight is 280 g/mol. The SMILES string of the molecule is COCCCN(C)C(=O)c1sc2nccnc2c1N. The first kappa shape index (κ1) is 13.7. The van der Waals surface area contributed by atoms with E-state index in [2.05, 4.69) is 9.97 Å². The van der Waals surface area contributed by atoms with Gasteiger partial charge in [0, 0.05) is 39.7 Å². The molecule has 2 rings (SSSR count). The Morgan fingerprint density at radius 1 is 1.47 bits per heavy atom. The number of nitrogens with two attached hydrogens (primary N) is 1. The number of aromatic nitrogens is 2. The Bertz CT molecular complexity index is 584. The molecule has 0 unspecified atom stereocenters. The summed E-state index contributed by atoms with van der Waals surface area (Å²) in [6.45, 7) is 1.25. The predicted molar refractivity (Wildman–Crippen MR) is 75.3 cm³/mol.